The van der Waals surface area contributed by atoms with Crippen molar-refractivity contribution < 1.29 is 24.0 Å². The van der Waals surface area contributed by atoms with Gasteiger partial charge in [-0.15, -0.1) is 0 Å². The number of carbonyl (C=O) groups excluding carboxylic acids is 2. The molecule has 7 nitrogen and oxygen atoms in total. The molecule has 3 rings (SSSR count). The summed E-state index contributed by atoms with van der Waals surface area (Å²) < 4.78 is 10.8. The molecule has 0 saturated carbocycles. The third kappa shape index (κ3) is 4.59. The number of nitro benzene ring substituents is 1. The fraction of sp³-hybridized carbons (Fsp3) is 0.0476. The summed E-state index contributed by atoms with van der Waals surface area (Å²) in [6.45, 7) is -0.212. The van der Waals surface area contributed by atoms with Crippen molar-refractivity contribution in [1.29, 1.82) is 0 Å². The van der Waals surface area contributed by atoms with E-state index in [4.69, 9.17) is 9.47 Å². The fourth-order valence-corrected chi connectivity index (χ4v) is 2.38. The molecule has 3 aromatic carbocycles. The second kappa shape index (κ2) is 8.59. The topological polar surface area (TPSA) is 95.7 Å². The molecule has 0 bridgehead atoms. The minimum atomic E-state index is -0.694. The molecule has 0 unspecified atom stereocenters. The summed E-state index contributed by atoms with van der Waals surface area (Å²) in [5.74, 6) is -0.522. The van der Waals surface area contributed by atoms with Crippen molar-refractivity contribution in [2.75, 3.05) is 6.61 Å². The Kier molecular flexibility index (Phi) is 5.76. The first-order chi connectivity index (χ1) is 13.5. The van der Waals surface area contributed by atoms with Crippen LogP contribution in [0.15, 0.2) is 78.9 Å². The highest BCUT2D eigenvalue weighted by atomic mass is 16.6. The summed E-state index contributed by atoms with van der Waals surface area (Å²) in [4.78, 5) is 34.6. The highest BCUT2D eigenvalue weighted by Gasteiger charge is 2.15. The number of hydrogen-bond donors (Lipinski definition) is 0. The molecule has 0 N–H and O–H groups in total. The smallest absolute Gasteiger partial charge is 0.343 e. The second-order valence-electron chi connectivity index (χ2n) is 5.72. The van der Waals surface area contributed by atoms with E-state index >= 15 is 0 Å². The summed E-state index contributed by atoms with van der Waals surface area (Å²) in [6.07, 6.45) is 0. The fourth-order valence-electron chi connectivity index (χ4n) is 2.38. The molecule has 0 aliphatic carbocycles. The molecule has 0 aliphatic heterocycles. The van der Waals surface area contributed by atoms with Crippen molar-refractivity contribution in [3.63, 3.8) is 0 Å². The zero-order chi connectivity index (χ0) is 19.9. The molecule has 7 heteroatoms. The van der Waals surface area contributed by atoms with Crippen molar-refractivity contribution in [1.82, 2.24) is 0 Å². The van der Waals surface area contributed by atoms with Crippen molar-refractivity contribution >= 4 is 17.4 Å². The summed E-state index contributed by atoms with van der Waals surface area (Å²) in [5.41, 5.74) is 0.545. The van der Waals surface area contributed by atoms with Gasteiger partial charge >= 0.3 is 5.97 Å². The van der Waals surface area contributed by atoms with Gasteiger partial charge in [-0.05, 0) is 24.3 Å². The number of nitrogens with zero attached hydrogens (tertiary/aromatic N) is 1. The average molecular weight is 377 g/mol. The van der Waals surface area contributed by atoms with E-state index in [0.29, 0.717) is 5.56 Å². The summed E-state index contributed by atoms with van der Waals surface area (Å²) in [5, 5.41) is 10.7. The molecule has 3 aromatic rings. The maximum atomic E-state index is 12.3. The maximum absolute atomic E-state index is 12.3. The molecule has 0 fully saturated rings. The molecule has 140 valence electrons. The van der Waals surface area contributed by atoms with Crippen LogP contribution in [-0.2, 0) is 0 Å². The van der Waals surface area contributed by atoms with Gasteiger partial charge in [-0.1, -0.05) is 42.5 Å². The Morgan fingerprint density at radius 3 is 2.04 bits per heavy atom. The van der Waals surface area contributed by atoms with Crippen LogP contribution >= 0.6 is 0 Å². The Morgan fingerprint density at radius 1 is 0.786 bits per heavy atom. The zero-order valence-corrected chi connectivity index (χ0v) is 14.6. The number of rotatable bonds is 7. The SMILES string of the molecule is O=C(COc1ccccc1OC(=O)c1ccc([N+](=O)[O-])cc1)c1ccccc1. The van der Waals surface area contributed by atoms with Crippen LogP contribution in [0, 0.1) is 10.1 Å². The lowest BCUT2D eigenvalue weighted by molar-refractivity contribution is -0.384. The van der Waals surface area contributed by atoms with E-state index in [1.165, 1.54) is 30.3 Å². The molecule has 0 amide bonds. The Morgan fingerprint density at radius 2 is 1.39 bits per heavy atom. The third-order valence-electron chi connectivity index (χ3n) is 3.82. The minimum Gasteiger partial charge on any atom is -0.482 e. The number of Topliss-reactive ketones (excluding diaryl/α,β-unsaturated/α-hetero) is 1. The zero-order valence-electron chi connectivity index (χ0n) is 14.6. The van der Waals surface area contributed by atoms with Gasteiger partial charge in [0.05, 0.1) is 10.5 Å². The first kappa shape index (κ1) is 18.8. The molecule has 0 saturated heterocycles. The first-order valence-electron chi connectivity index (χ1n) is 8.31. The molecule has 0 heterocycles. The van der Waals surface area contributed by atoms with Gasteiger partial charge in [-0.3, -0.25) is 14.9 Å². The molecule has 0 radical (unpaired) electrons. The van der Waals surface area contributed by atoms with Gasteiger partial charge in [0.1, 0.15) is 0 Å². The van der Waals surface area contributed by atoms with Crippen LogP contribution in [-0.4, -0.2) is 23.3 Å². The predicted octanol–water partition coefficient (Wildman–Crippen LogP) is 4.08. The molecular weight excluding hydrogens is 362 g/mol. The monoisotopic (exact) mass is 377 g/mol. The Bertz CT molecular complexity index is 999. The normalized spacial score (nSPS) is 10.1. The van der Waals surface area contributed by atoms with E-state index < -0.39 is 10.9 Å². The minimum absolute atomic E-state index is 0.125. The van der Waals surface area contributed by atoms with Crippen molar-refractivity contribution in [2.45, 2.75) is 0 Å². The number of ketones is 1. The van der Waals surface area contributed by atoms with Gasteiger partial charge in [-0.25, -0.2) is 4.79 Å². The van der Waals surface area contributed by atoms with Gasteiger partial charge in [0.15, 0.2) is 23.9 Å². The van der Waals surface area contributed by atoms with E-state index in [2.05, 4.69) is 0 Å². The highest BCUT2D eigenvalue weighted by Crippen LogP contribution is 2.27. The number of carbonyl (C=O) groups is 2. The van der Waals surface area contributed by atoms with Crippen LogP contribution in [0.3, 0.4) is 0 Å². The van der Waals surface area contributed by atoms with Gasteiger partial charge in [-0.2, -0.15) is 0 Å². The number of benzene rings is 3. The van der Waals surface area contributed by atoms with Crippen molar-refractivity contribution in [3.05, 3.63) is 100 Å². The first-order valence-corrected chi connectivity index (χ1v) is 8.31. The summed E-state index contributed by atoms with van der Waals surface area (Å²) in [7, 11) is 0. The second-order valence-corrected chi connectivity index (χ2v) is 5.72. The summed E-state index contributed by atoms with van der Waals surface area (Å²) >= 11 is 0. The van der Waals surface area contributed by atoms with Crippen LogP contribution in [0.2, 0.25) is 0 Å². The molecular formula is C21H15NO6. The van der Waals surface area contributed by atoms with Gasteiger partial charge in [0.2, 0.25) is 0 Å². The number of hydrogen-bond acceptors (Lipinski definition) is 6. The number of esters is 1. The van der Waals surface area contributed by atoms with E-state index in [-0.39, 0.29) is 35.1 Å². The number of nitro groups is 1. The standard InChI is InChI=1S/C21H15NO6/c23-18(15-6-2-1-3-7-15)14-27-19-8-4-5-9-20(19)28-21(24)16-10-12-17(13-11-16)22(25)26/h1-13H,14H2. The van der Waals surface area contributed by atoms with Crippen LogP contribution in [0.4, 0.5) is 5.69 Å². The van der Waals surface area contributed by atoms with Crippen molar-refractivity contribution in [3.8, 4) is 11.5 Å². The van der Waals surface area contributed by atoms with Gasteiger partial charge in [0.25, 0.3) is 5.69 Å². The molecule has 0 atom stereocenters. The van der Waals surface area contributed by atoms with Crippen LogP contribution < -0.4 is 9.47 Å². The van der Waals surface area contributed by atoms with E-state index in [9.17, 15) is 19.7 Å². The Labute approximate surface area is 160 Å². The number of ether oxygens (including phenoxy) is 2. The van der Waals surface area contributed by atoms with Gasteiger partial charge < -0.3 is 9.47 Å². The lowest BCUT2D eigenvalue weighted by atomic mass is 10.1. The van der Waals surface area contributed by atoms with Crippen LogP contribution in [0.25, 0.3) is 0 Å². The average Bonchev–Trinajstić information content (AvgIpc) is 2.73. The van der Waals surface area contributed by atoms with E-state index in [1.54, 1.807) is 42.5 Å². The van der Waals surface area contributed by atoms with Crippen molar-refractivity contribution in [2.24, 2.45) is 0 Å². The number of para-hydroxylation sites is 2. The lowest BCUT2D eigenvalue weighted by Crippen LogP contribution is -2.13. The summed E-state index contributed by atoms with van der Waals surface area (Å²) in [6, 6.07) is 20.2. The highest BCUT2D eigenvalue weighted by molar-refractivity contribution is 5.97. The molecule has 0 aliphatic rings. The van der Waals surface area contributed by atoms with Gasteiger partial charge in [0, 0.05) is 17.7 Å². The van der Waals surface area contributed by atoms with Crippen LogP contribution in [0.5, 0.6) is 11.5 Å². The number of non-ortho nitro benzene ring substituents is 1. The Balaban J connectivity index is 1.68. The molecule has 0 aromatic heterocycles. The third-order valence-corrected chi connectivity index (χ3v) is 3.82. The Hall–Kier alpha value is -4.00. The maximum Gasteiger partial charge on any atom is 0.343 e. The predicted molar refractivity (Wildman–Crippen MR) is 101 cm³/mol. The quantitative estimate of drug-likeness (QED) is 0.202. The molecule has 0 spiro atoms. The lowest BCUT2D eigenvalue weighted by Gasteiger charge is -2.11. The van der Waals surface area contributed by atoms with Crippen LogP contribution in [0.1, 0.15) is 20.7 Å². The van der Waals surface area contributed by atoms with E-state index in [1.807, 2.05) is 6.07 Å². The van der Waals surface area contributed by atoms with E-state index in [0.717, 1.165) is 0 Å². The largest absolute Gasteiger partial charge is 0.482 e. The molecule has 28 heavy (non-hydrogen) atoms.